The summed E-state index contributed by atoms with van der Waals surface area (Å²) in [7, 11) is 3.16. The minimum absolute atomic E-state index is 0.0869. The number of ether oxygens (including phenoxy) is 2. The van der Waals surface area contributed by atoms with E-state index in [2.05, 4.69) is 5.32 Å². The number of benzene rings is 1. The summed E-state index contributed by atoms with van der Waals surface area (Å²) < 4.78 is 10.6. The average Bonchev–Trinajstić information content (AvgIpc) is 2.87. The number of nitrogens with one attached hydrogen (secondary N) is 1. The maximum Gasteiger partial charge on any atom is 0.321 e. The van der Waals surface area contributed by atoms with Crippen LogP contribution in [-0.4, -0.2) is 37.1 Å². The van der Waals surface area contributed by atoms with Crippen molar-refractivity contribution in [3.05, 3.63) is 23.8 Å². The van der Waals surface area contributed by atoms with Crippen LogP contribution in [0.5, 0.6) is 11.5 Å². The zero-order valence-electron chi connectivity index (χ0n) is 10.2. The summed E-state index contributed by atoms with van der Waals surface area (Å²) in [4.78, 5) is 10.9. The number of hydrogen-bond acceptors (Lipinski definition) is 5. The van der Waals surface area contributed by atoms with Gasteiger partial charge in [0.1, 0.15) is 6.04 Å². The van der Waals surface area contributed by atoms with Crippen LogP contribution in [0.2, 0.25) is 0 Å². The number of carboxylic acids is 1. The lowest BCUT2D eigenvalue weighted by molar-refractivity contribution is -0.138. The lowest BCUT2D eigenvalue weighted by Gasteiger charge is -2.17. The Morgan fingerprint density at radius 1 is 1.44 bits per heavy atom. The van der Waals surface area contributed by atoms with Gasteiger partial charge in [-0.1, -0.05) is 12.1 Å². The molecule has 2 rings (SSSR count). The Morgan fingerprint density at radius 3 is 2.78 bits per heavy atom. The van der Waals surface area contributed by atoms with Crippen molar-refractivity contribution in [3.63, 3.8) is 0 Å². The molecule has 1 aliphatic rings. The molecule has 1 aromatic carbocycles. The van der Waals surface area contributed by atoms with Gasteiger partial charge >= 0.3 is 5.97 Å². The van der Waals surface area contributed by atoms with E-state index >= 15 is 0 Å². The Bertz CT molecular complexity index is 452. The highest BCUT2D eigenvalue weighted by molar-refractivity contribution is 7.99. The van der Waals surface area contributed by atoms with Crippen molar-refractivity contribution in [2.75, 3.05) is 20.0 Å². The van der Waals surface area contributed by atoms with Crippen molar-refractivity contribution >= 4 is 17.7 Å². The summed E-state index contributed by atoms with van der Waals surface area (Å²) in [6.45, 7) is 0. The first kappa shape index (κ1) is 13.0. The Balaban J connectivity index is 2.26. The predicted octanol–water partition coefficient (Wildman–Crippen LogP) is 1.49. The normalized spacial score (nSPS) is 22.8. The van der Waals surface area contributed by atoms with E-state index in [0.717, 1.165) is 5.56 Å². The van der Waals surface area contributed by atoms with Crippen LogP contribution in [0.3, 0.4) is 0 Å². The highest BCUT2D eigenvalue weighted by Gasteiger charge is 2.32. The average molecular weight is 269 g/mol. The molecule has 1 aliphatic heterocycles. The van der Waals surface area contributed by atoms with E-state index in [1.165, 1.54) is 0 Å². The van der Waals surface area contributed by atoms with Gasteiger partial charge in [0.25, 0.3) is 0 Å². The molecule has 0 bridgehead atoms. The molecule has 1 unspecified atom stereocenters. The van der Waals surface area contributed by atoms with Gasteiger partial charge in [0.2, 0.25) is 0 Å². The van der Waals surface area contributed by atoms with Crippen molar-refractivity contribution in [3.8, 4) is 11.5 Å². The van der Waals surface area contributed by atoms with Gasteiger partial charge in [-0.25, -0.2) is 0 Å². The van der Waals surface area contributed by atoms with Crippen LogP contribution in [-0.2, 0) is 4.79 Å². The molecule has 1 fully saturated rings. The third-order valence-corrected chi connectivity index (χ3v) is 4.05. The number of carbonyl (C=O) groups is 1. The highest BCUT2D eigenvalue weighted by Crippen LogP contribution is 2.41. The van der Waals surface area contributed by atoms with Crippen LogP contribution < -0.4 is 14.8 Å². The molecule has 0 radical (unpaired) electrons. The second-order valence-corrected chi connectivity index (χ2v) is 4.99. The van der Waals surface area contributed by atoms with Gasteiger partial charge in [0, 0.05) is 11.3 Å². The Morgan fingerprint density at radius 2 is 2.22 bits per heavy atom. The molecular formula is C12H15NO4S. The highest BCUT2D eigenvalue weighted by atomic mass is 32.2. The van der Waals surface area contributed by atoms with Crippen molar-refractivity contribution in [2.24, 2.45) is 0 Å². The maximum absolute atomic E-state index is 10.9. The molecule has 6 heteroatoms. The topological polar surface area (TPSA) is 67.8 Å². The molecule has 0 spiro atoms. The zero-order valence-corrected chi connectivity index (χ0v) is 11.0. The second kappa shape index (κ2) is 5.49. The quantitative estimate of drug-likeness (QED) is 0.863. The first-order valence-electron chi connectivity index (χ1n) is 5.48. The minimum atomic E-state index is -0.827. The minimum Gasteiger partial charge on any atom is -0.493 e. The van der Waals surface area contributed by atoms with E-state index in [1.54, 1.807) is 26.0 Å². The molecule has 18 heavy (non-hydrogen) atoms. The molecule has 1 heterocycles. The number of aliphatic carboxylic acids is 1. The fraction of sp³-hybridized carbons (Fsp3) is 0.417. The van der Waals surface area contributed by atoms with Crippen LogP contribution in [0.1, 0.15) is 10.9 Å². The summed E-state index contributed by atoms with van der Waals surface area (Å²) in [6.07, 6.45) is 0. The van der Waals surface area contributed by atoms with E-state index in [1.807, 2.05) is 18.2 Å². The molecule has 1 saturated heterocycles. The molecule has 0 amide bonds. The standard InChI is InChI=1S/C12H15NO4S/c1-16-9-5-3-4-7(10(9)17-2)11-13-8(6-18-11)12(14)15/h3-5,8,11,13H,6H2,1-2H3,(H,14,15)/t8-,11?/m1/s1. The van der Waals surface area contributed by atoms with E-state index in [4.69, 9.17) is 14.6 Å². The lowest BCUT2D eigenvalue weighted by atomic mass is 10.1. The molecule has 2 atom stereocenters. The third kappa shape index (κ3) is 2.39. The summed E-state index contributed by atoms with van der Waals surface area (Å²) in [6, 6.07) is 5.08. The summed E-state index contributed by atoms with van der Waals surface area (Å²) in [5, 5.41) is 11.9. The molecule has 98 valence electrons. The van der Waals surface area contributed by atoms with Crippen LogP contribution in [0.15, 0.2) is 18.2 Å². The summed E-state index contributed by atoms with van der Waals surface area (Å²) >= 11 is 1.55. The fourth-order valence-electron chi connectivity index (χ4n) is 1.91. The van der Waals surface area contributed by atoms with E-state index < -0.39 is 12.0 Å². The van der Waals surface area contributed by atoms with Gasteiger partial charge in [0.15, 0.2) is 11.5 Å². The Labute approximate surface area is 109 Å². The third-order valence-electron chi connectivity index (χ3n) is 2.80. The fourth-order valence-corrected chi connectivity index (χ4v) is 3.16. The number of hydrogen-bond donors (Lipinski definition) is 2. The summed E-state index contributed by atoms with van der Waals surface area (Å²) in [5.41, 5.74) is 0.908. The van der Waals surface area contributed by atoms with Crippen molar-refractivity contribution < 1.29 is 19.4 Å². The molecule has 5 nitrogen and oxygen atoms in total. The molecule has 0 aromatic heterocycles. The van der Waals surface area contributed by atoms with Gasteiger partial charge < -0.3 is 14.6 Å². The Kier molecular flexibility index (Phi) is 3.98. The smallest absolute Gasteiger partial charge is 0.321 e. The molecule has 0 aliphatic carbocycles. The maximum atomic E-state index is 10.9. The monoisotopic (exact) mass is 269 g/mol. The van der Waals surface area contributed by atoms with Crippen LogP contribution in [0.4, 0.5) is 0 Å². The molecular weight excluding hydrogens is 254 g/mol. The largest absolute Gasteiger partial charge is 0.493 e. The van der Waals surface area contributed by atoms with Crippen molar-refractivity contribution in [2.45, 2.75) is 11.4 Å². The first-order valence-corrected chi connectivity index (χ1v) is 6.53. The van der Waals surface area contributed by atoms with Crippen molar-refractivity contribution in [1.29, 1.82) is 0 Å². The zero-order chi connectivity index (χ0) is 13.1. The summed E-state index contributed by atoms with van der Waals surface area (Å²) in [5.74, 6) is 1.01. The van der Waals surface area contributed by atoms with Gasteiger partial charge in [-0.3, -0.25) is 10.1 Å². The van der Waals surface area contributed by atoms with Crippen molar-refractivity contribution in [1.82, 2.24) is 5.32 Å². The van der Waals surface area contributed by atoms with E-state index in [0.29, 0.717) is 17.3 Å². The number of thioether (sulfide) groups is 1. The number of carboxylic acid groups (broad SMARTS) is 1. The predicted molar refractivity (Wildman–Crippen MR) is 69.3 cm³/mol. The number of methoxy groups -OCH3 is 2. The Hall–Kier alpha value is -1.40. The van der Waals surface area contributed by atoms with Crippen LogP contribution in [0, 0.1) is 0 Å². The van der Waals surface area contributed by atoms with Gasteiger partial charge in [-0.05, 0) is 6.07 Å². The lowest BCUT2D eigenvalue weighted by Crippen LogP contribution is -2.33. The first-order chi connectivity index (χ1) is 8.67. The van der Waals surface area contributed by atoms with Gasteiger partial charge in [-0.15, -0.1) is 11.8 Å². The SMILES string of the molecule is COc1cccc(C2N[C@@H](C(=O)O)CS2)c1OC. The number of rotatable bonds is 4. The molecule has 0 saturated carbocycles. The molecule has 1 aromatic rings. The number of para-hydroxylation sites is 1. The van der Waals surface area contributed by atoms with E-state index in [-0.39, 0.29) is 5.37 Å². The van der Waals surface area contributed by atoms with E-state index in [9.17, 15) is 4.79 Å². The van der Waals surface area contributed by atoms with Crippen LogP contribution in [0.25, 0.3) is 0 Å². The second-order valence-electron chi connectivity index (χ2n) is 3.85. The van der Waals surface area contributed by atoms with Crippen LogP contribution >= 0.6 is 11.8 Å². The van der Waals surface area contributed by atoms with Gasteiger partial charge in [0.05, 0.1) is 19.6 Å². The van der Waals surface area contributed by atoms with Gasteiger partial charge in [-0.2, -0.15) is 0 Å². The molecule has 2 N–H and O–H groups in total.